The molecule has 6 nitrogen and oxygen atoms in total. The number of hydrogen-bond acceptors (Lipinski definition) is 4. The molecule has 0 bridgehead atoms. The summed E-state index contributed by atoms with van der Waals surface area (Å²) >= 11 is 0. The molecule has 0 amide bonds. The molecule has 0 spiro atoms. The van der Waals surface area contributed by atoms with Gasteiger partial charge >= 0.3 is 0 Å². The molecule has 0 unspecified atom stereocenters. The van der Waals surface area contributed by atoms with E-state index < -0.39 is 0 Å². The molecule has 6 heteroatoms. The second-order valence-electron chi connectivity index (χ2n) is 12.3. The third kappa shape index (κ3) is 3.96. The van der Waals surface area contributed by atoms with Crippen LogP contribution >= 0.6 is 0 Å². The Morgan fingerprint density at radius 3 is 1.67 bits per heavy atom. The molecule has 6 aromatic carbocycles. The lowest BCUT2D eigenvalue weighted by Crippen LogP contribution is -1.96. The molecule has 0 aliphatic heterocycles. The van der Waals surface area contributed by atoms with Gasteiger partial charge in [0.05, 0.1) is 57.2 Å². The van der Waals surface area contributed by atoms with Crippen LogP contribution in [-0.4, -0.2) is 14.1 Å². The minimum Gasteiger partial charge on any atom is -0.456 e. The highest BCUT2D eigenvalue weighted by Gasteiger charge is 2.17. The van der Waals surface area contributed by atoms with Gasteiger partial charge in [-0.05, 0) is 90.5 Å². The third-order valence-corrected chi connectivity index (χ3v) is 9.63. The zero-order valence-electron chi connectivity index (χ0n) is 25.9. The zero-order valence-corrected chi connectivity index (χ0v) is 25.9. The van der Waals surface area contributed by atoms with Crippen molar-refractivity contribution >= 4 is 65.6 Å². The topological polar surface area (TPSA) is 83.5 Å². The molecular formula is C43H23N5O. The Morgan fingerprint density at radius 1 is 0.449 bits per heavy atom. The van der Waals surface area contributed by atoms with Crippen LogP contribution in [0.3, 0.4) is 0 Å². The first-order valence-corrected chi connectivity index (χ1v) is 16.0. The molecular weight excluding hydrogens is 603 g/mol. The van der Waals surface area contributed by atoms with Crippen LogP contribution in [0.4, 0.5) is 0 Å². The fourth-order valence-electron chi connectivity index (χ4n) is 7.43. The van der Waals surface area contributed by atoms with Crippen LogP contribution < -0.4 is 0 Å². The van der Waals surface area contributed by atoms with E-state index in [1.54, 1.807) is 0 Å². The average molecular weight is 626 g/mol. The van der Waals surface area contributed by atoms with Crippen molar-refractivity contribution in [3.63, 3.8) is 0 Å². The maximum absolute atomic E-state index is 9.60. The molecule has 0 radical (unpaired) electrons. The minimum atomic E-state index is 0.572. The second kappa shape index (κ2) is 10.2. The minimum absolute atomic E-state index is 0.572. The molecule has 0 N–H and O–H groups in total. The number of hydrogen-bond donors (Lipinski definition) is 0. The molecule has 226 valence electrons. The Kier molecular flexibility index (Phi) is 5.61. The van der Waals surface area contributed by atoms with Crippen LogP contribution in [-0.2, 0) is 0 Å². The number of fused-ring (bicyclic) bond motifs is 9. The quantitative estimate of drug-likeness (QED) is 0.196. The monoisotopic (exact) mass is 625 g/mol. The van der Waals surface area contributed by atoms with Gasteiger partial charge in [0.15, 0.2) is 0 Å². The van der Waals surface area contributed by atoms with Gasteiger partial charge in [0.25, 0.3) is 0 Å². The molecule has 0 atom stereocenters. The number of nitriles is 2. The largest absolute Gasteiger partial charge is 0.456 e. The van der Waals surface area contributed by atoms with Crippen molar-refractivity contribution in [1.29, 1.82) is 10.5 Å². The molecule has 0 saturated carbocycles. The summed E-state index contributed by atoms with van der Waals surface area (Å²) in [7, 11) is 0. The highest BCUT2D eigenvalue weighted by atomic mass is 16.3. The molecule has 10 aromatic rings. The van der Waals surface area contributed by atoms with Gasteiger partial charge in [-0.1, -0.05) is 42.5 Å². The fourth-order valence-corrected chi connectivity index (χ4v) is 7.43. The van der Waals surface area contributed by atoms with E-state index in [-0.39, 0.29) is 0 Å². The zero-order chi connectivity index (χ0) is 32.6. The van der Waals surface area contributed by atoms with E-state index in [4.69, 9.17) is 4.42 Å². The van der Waals surface area contributed by atoms with Crippen molar-refractivity contribution in [2.45, 2.75) is 0 Å². The predicted molar refractivity (Wildman–Crippen MR) is 195 cm³/mol. The smallest absolute Gasteiger partial charge is 0.135 e. The van der Waals surface area contributed by atoms with E-state index in [1.807, 2.05) is 54.9 Å². The Bertz CT molecular complexity index is 2960. The molecule has 0 saturated heterocycles. The molecule has 0 aliphatic carbocycles. The Hall–Kier alpha value is -7.15. The van der Waals surface area contributed by atoms with Gasteiger partial charge in [0.1, 0.15) is 11.2 Å². The second-order valence-corrected chi connectivity index (χ2v) is 12.3. The van der Waals surface area contributed by atoms with Crippen molar-refractivity contribution in [2.75, 3.05) is 0 Å². The predicted octanol–water partition coefficient (Wildman–Crippen LogP) is 10.6. The maximum Gasteiger partial charge on any atom is 0.135 e. The van der Waals surface area contributed by atoms with E-state index in [0.717, 1.165) is 77.3 Å². The molecule has 49 heavy (non-hydrogen) atoms. The highest BCUT2D eigenvalue weighted by molar-refractivity contribution is 6.12. The van der Waals surface area contributed by atoms with Gasteiger partial charge in [-0.25, -0.2) is 0 Å². The first-order chi connectivity index (χ1) is 24.2. The summed E-state index contributed by atoms with van der Waals surface area (Å²) in [6.07, 6.45) is 3.73. The molecule has 4 heterocycles. The van der Waals surface area contributed by atoms with E-state index in [9.17, 15) is 10.5 Å². The van der Waals surface area contributed by atoms with Crippen LogP contribution in [0.15, 0.2) is 144 Å². The van der Waals surface area contributed by atoms with Crippen LogP contribution in [0, 0.1) is 22.7 Å². The number of aromatic nitrogens is 3. The van der Waals surface area contributed by atoms with Gasteiger partial charge in [-0.3, -0.25) is 4.98 Å². The molecule has 4 aromatic heterocycles. The summed E-state index contributed by atoms with van der Waals surface area (Å²) in [5, 5.41) is 25.6. The molecule has 0 fully saturated rings. The lowest BCUT2D eigenvalue weighted by atomic mass is 10.0. The summed E-state index contributed by atoms with van der Waals surface area (Å²) in [6.45, 7) is 0. The van der Waals surface area contributed by atoms with Gasteiger partial charge in [0.2, 0.25) is 0 Å². The van der Waals surface area contributed by atoms with Crippen molar-refractivity contribution in [3.05, 3.63) is 151 Å². The van der Waals surface area contributed by atoms with Crippen LogP contribution in [0.2, 0.25) is 0 Å². The Balaban J connectivity index is 1.14. The number of furan rings is 1. The summed E-state index contributed by atoms with van der Waals surface area (Å²) in [5.74, 6) is 0. The van der Waals surface area contributed by atoms with Crippen molar-refractivity contribution in [3.8, 4) is 34.6 Å². The number of pyridine rings is 1. The number of rotatable bonds is 3. The number of para-hydroxylation sites is 2. The standard InChI is InChI=1S/C43H23N5O/c44-22-26-9-13-40-34(17-26)35-18-27(23-45)10-14-41(35)48(40)31-19-29(24-46-25-31)28-11-15-42-36(20-28)37-21-30(12-16-43(37)49-42)47-38-7-3-1-5-32(38)33-6-2-4-8-39(33)47/h1-21,24-25H. The van der Waals surface area contributed by atoms with Gasteiger partial charge < -0.3 is 13.6 Å². The lowest BCUT2D eigenvalue weighted by molar-refractivity contribution is 0.669. The highest BCUT2D eigenvalue weighted by Crippen LogP contribution is 2.38. The van der Waals surface area contributed by atoms with E-state index >= 15 is 0 Å². The third-order valence-electron chi connectivity index (χ3n) is 9.63. The SMILES string of the molecule is N#Cc1ccc2c(c1)c1cc(C#N)ccc1n2-c1cncc(-c2ccc3oc4ccc(-n5c6ccccc6c6ccccc65)cc4c3c2)c1. The first-order valence-electron chi connectivity index (χ1n) is 16.0. The molecule has 10 rings (SSSR count). The summed E-state index contributed by atoms with van der Waals surface area (Å²) in [4.78, 5) is 4.68. The van der Waals surface area contributed by atoms with E-state index in [0.29, 0.717) is 11.1 Å². The summed E-state index contributed by atoms with van der Waals surface area (Å²) in [6, 6.07) is 47.8. The van der Waals surface area contributed by atoms with E-state index in [1.165, 1.54) is 10.8 Å². The van der Waals surface area contributed by atoms with Gasteiger partial charge in [-0.15, -0.1) is 0 Å². The van der Waals surface area contributed by atoms with Crippen molar-refractivity contribution in [2.24, 2.45) is 0 Å². The lowest BCUT2D eigenvalue weighted by Gasteiger charge is -2.10. The summed E-state index contributed by atoms with van der Waals surface area (Å²) < 4.78 is 10.8. The number of nitrogens with zero attached hydrogens (tertiary/aromatic N) is 5. The normalized spacial score (nSPS) is 11.6. The van der Waals surface area contributed by atoms with Crippen LogP contribution in [0.25, 0.3) is 88.1 Å². The first kappa shape index (κ1) is 27.0. The van der Waals surface area contributed by atoms with Gasteiger partial charge in [0, 0.05) is 49.8 Å². The summed E-state index contributed by atoms with van der Waals surface area (Å²) in [5.41, 5.74) is 11.0. The van der Waals surface area contributed by atoms with Crippen LogP contribution in [0.1, 0.15) is 11.1 Å². The fraction of sp³-hybridized carbons (Fsp3) is 0. The maximum atomic E-state index is 9.60. The average Bonchev–Trinajstić information content (AvgIpc) is 3.81. The number of benzene rings is 6. The van der Waals surface area contributed by atoms with Crippen molar-refractivity contribution in [1.82, 2.24) is 14.1 Å². The Labute approximate surface area is 279 Å². The molecule has 0 aliphatic rings. The van der Waals surface area contributed by atoms with E-state index in [2.05, 4.69) is 111 Å². The van der Waals surface area contributed by atoms with Gasteiger partial charge in [-0.2, -0.15) is 10.5 Å². The van der Waals surface area contributed by atoms with Crippen LogP contribution in [0.5, 0.6) is 0 Å². The van der Waals surface area contributed by atoms with Crippen molar-refractivity contribution < 1.29 is 4.42 Å². The Morgan fingerprint density at radius 2 is 1.02 bits per heavy atom.